The number of benzene rings is 7. The van der Waals surface area contributed by atoms with Crippen LogP contribution in [-0.2, 0) is 25.7 Å². The van der Waals surface area contributed by atoms with Gasteiger partial charge in [0, 0.05) is 45.0 Å². The molecule has 0 aliphatic carbocycles. The zero-order valence-corrected chi connectivity index (χ0v) is 36.1. The van der Waals surface area contributed by atoms with E-state index in [1.807, 2.05) is 73.2 Å². The number of hydrogen-bond acceptors (Lipinski definition) is 3. The van der Waals surface area contributed by atoms with E-state index in [9.17, 15) is 0 Å². The summed E-state index contributed by atoms with van der Waals surface area (Å²) in [7, 11) is 0. The molecule has 0 bridgehead atoms. The van der Waals surface area contributed by atoms with Gasteiger partial charge in [0.2, 0.25) is 0 Å². The Bertz CT molecular complexity index is 3160. The largest absolute Gasteiger partial charge is 0.256 e. The van der Waals surface area contributed by atoms with Crippen LogP contribution < -0.4 is 0 Å². The highest BCUT2D eigenvalue weighted by molar-refractivity contribution is 5.93. The lowest BCUT2D eigenvalue weighted by Gasteiger charge is -2.18. The zero-order chi connectivity index (χ0) is 46.3. The molecule has 0 aliphatic heterocycles. The van der Waals surface area contributed by atoms with Gasteiger partial charge in [0.15, 0.2) is 0 Å². The summed E-state index contributed by atoms with van der Waals surface area (Å²) in [6.07, 6.45) is 9.45. The minimum absolute atomic E-state index is 0.306. The van der Waals surface area contributed by atoms with E-state index in [0.29, 0.717) is 5.56 Å². The summed E-state index contributed by atoms with van der Waals surface area (Å²) in [5.74, 6) is 0. The summed E-state index contributed by atoms with van der Waals surface area (Å²) in [6.45, 7) is -2.18. The van der Waals surface area contributed by atoms with E-state index >= 15 is 0 Å². The van der Waals surface area contributed by atoms with Crippen molar-refractivity contribution in [1.82, 2.24) is 15.0 Å². The van der Waals surface area contributed by atoms with Crippen LogP contribution in [0.2, 0.25) is 0 Å². The molecule has 3 nitrogen and oxygen atoms in total. The van der Waals surface area contributed by atoms with Gasteiger partial charge in [0.1, 0.15) is 0 Å². The third kappa shape index (κ3) is 9.66. The van der Waals surface area contributed by atoms with Crippen LogP contribution in [-0.4, -0.2) is 15.0 Å². The highest BCUT2D eigenvalue weighted by Gasteiger charge is 2.17. The van der Waals surface area contributed by atoms with Crippen LogP contribution in [0.1, 0.15) is 31.9 Å². The number of aryl methyl sites for hydroxylation is 5. The fraction of sp³-hybridized carbons (Fsp3) is 0.0806. The minimum Gasteiger partial charge on any atom is -0.256 e. The molecular weight excluding hydrogens is 787 g/mol. The lowest BCUT2D eigenvalue weighted by atomic mass is 9.87. The molecule has 0 fully saturated rings. The molecule has 10 rings (SSSR count). The second-order valence-corrected chi connectivity index (χ2v) is 16.6. The fourth-order valence-electron chi connectivity index (χ4n) is 8.64. The van der Waals surface area contributed by atoms with Gasteiger partial charge in [0.05, 0.1) is 17.1 Å². The first-order valence-electron chi connectivity index (χ1n) is 23.8. The third-order valence-electron chi connectivity index (χ3n) is 12.2. The molecule has 312 valence electrons. The first-order valence-corrected chi connectivity index (χ1v) is 22.3. The van der Waals surface area contributed by atoms with Crippen LogP contribution in [0.4, 0.5) is 0 Å². The number of rotatable bonds is 13. The van der Waals surface area contributed by atoms with Crippen LogP contribution in [0, 0.1) is 6.85 Å². The second-order valence-electron chi connectivity index (χ2n) is 16.6. The highest BCUT2D eigenvalue weighted by Crippen LogP contribution is 2.40. The van der Waals surface area contributed by atoms with Crippen molar-refractivity contribution in [2.24, 2.45) is 0 Å². The predicted octanol–water partition coefficient (Wildman–Crippen LogP) is 15.4. The molecule has 3 aromatic heterocycles. The Hall–Kier alpha value is -8.01. The van der Waals surface area contributed by atoms with Crippen molar-refractivity contribution in [3.8, 4) is 78.3 Å². The highest BCUT2D eigenvalue weighted by atomic mass is 14.7. The van der Waals surface area contributed by atoms with Crippen molar-refractivity contribution in [2.45, 2.75) is 32.5 Å². The molecule has 0 radical (unpaired) electrons. The van der Waals surface area contributed by atoms with Gasteiger partial charge in [-0.05, 0) is 112 Å². The standard InChI is InChI=1S/C62H49N3/c1-44-21-29-54(30-22-44)62-40-58(51-33-31-50(32-34-51)49-13-5-2-6-14-49)59(43-65-62)57-20-12-11-19-56(57)55-38-47(25-23-45-27-35-60(63-41-45)52-15-7-3-8-16-52)37-48(39-55)26-24-46-28-36-61(64-42-46)53-17-9-4-10-18-53/h2-22,27-43H,23-26H2,1H3/i1D3. The summed E-state index contributed by atoms with van der Waals surface area (Å²) in [4.78, 5) is 14.7. The lowest BCUT2D eigenvalue weighted by molar-refractivity contribution is 0.923. The van der Waals surface area contributed by atoms with Gasteiger partial charge in [0.25, 0.3) is 0 Å². The van der Waals surface area contributed by atoms with E-state index in [0.717, 1.165) is 104 Å². The zero-order valence-electron chi connectivity index (χ0n) is 39.1. The van der Waals surface area contributed by atoms with E-state index in [1.54, 1.807) is 12.1 Å². The average molecular weight is 839 g/mol. The lowest BCUT2D eigenvalue weighted by Crippen LogP contribution is -1.99. The Labute approximate surface area is 387 Å². The minimum atomic E-state index is -2.18. The molecule has 0 saturated carbocycles. The first-order chi connectivity index (χ1) is 33.3. The van der Waals surface area contributed by atoms with Crippen LogP contribution in [0.5, 0.6) is 0 Å². The maximum absolute atomic E-state index is 7.92. The molecule has 7 aromatic carbocycles. The quantitative estimate of drug-likeness (QED) is 0.116. The SMILES string of the molecule is [2H]C([2H])([2H])c1ccc(-c2cc(-c3ccc(-c4ccccc4)cc3)c(-c3ccccc3-c3cc(CCc4ccc(-c5ccccc5)nc4)cc(CCc4ccc(-c5ccccc5)nc4)c3)cn2)cc1. The topological polar surface area (TPSA) is 38.7 Å². The van der Waals surface area contributed by atoms with Crippen molar-refractivity contribution in [3.63, 3.8) is 0 Å². The van der Waals surface area contributed by atoms with E-state index in [-0.39, 0.29) is 0 Å². The third-order valence-corrected chi connectivity index (χ3v) is 12.2. The van der Waals surface area contributed by atoms with Gasteiger partial charge in [-0.1, -0.05) is 200 Å². The van der Waals surface area contributed by atoms with Gasteiger partial charge in [-0.2, -0.15) is 0 Å². The van der Waals surface area contributed by atoms with Gasteiger partial charge < -0.3 is 0 Å². The van der Waals surface area contributed by atoms with Crippen LogP contribution in [0.15, 0.2) is 231 Å². The Morgan fingerprint density at radius 3 is 1.28 bits per heavy atom. The molecule has 0 amide bonds. The predicted molar refractivity (Wildman–Crippen MR) is 270 cm³/mol. The number of aromatic nitrogens is 3. The number of pyridine rings is 3. The Kier molecular flexibility index (Phi) is 11.1. The van der Waals surface area contributed by atoms with Gasteiger partial charge in [-0.3, -0.25) is 15.0 Å². The summed E-state index contributed by atoms with van der Waals surface area (Å²) in [5, 5.41) is 0. The maximum atomic E-state index is 7.92. The molecule has 65 heavy (non-hydrogen) atoms. The number of nitrogens with zero attached hydrogens (tertiary/aromatic N) is 3. The Balaban J connectivity index is 1.02. The normalized spacial score (nSPS) is 12.0. The van der Waals surface area contributed by atoms with Gasteiger partial charge in [-0.25, -0.2) is 0 Å². The van der Waals surface area contributed by atoms with Crippen molar-refractivity contribution in [3.05, 3.63) is 259 Å². The van der Waals surface area contributed by atoms with E-state index in [4.69, 9.17) is 19.1 Å². The molecule has 3 heteroatoms. The van der Waals surface area contributed by atoms with Crippen molar-refractivity contribution in [1.29, 1.82) is 0 Å². The average Bonchev–Trinajstić information content (AvgIpc) is 3.40. The summed E-state index contributed by atoms with van der Waals surface area (Å²) in [5.41, 5.74) is 19.8. The van der Waals surface area contributed by atoms with E-state index in [1.165, 1.54) is 22.3 Å². The van der Waals surface area contributed by atoms with E-state index < -0.39 is 6.85 Å². The van der Waals surface area contributed by atoms with Crippen LogP contribution >= 0.6 is 0 Å². The first kappa shape index (κ1) is 37.5. The van der Waals surface area contributed by atoms with Crippen molar-refractivity contribution in [2.75, 3.05) is 0 Å². The molecule has 3 heterocycles. The molecule has 10 aromatic rings. The van der Waals surface area contributed by atoms with Crippen LogP contribution in [0.25, 0.3) is 78.3 Å². The molecule has 0 spiro atoms. The Morgan fingerprint density at radius 2 is 0.738 bits per heavy atom. The smallest absolute Gasteiger partial charge is 0.0708 e. The summed E-state index contributed by atoms with van der Waals surface area (Å²) in [6, 6.07) is 73.4. The second kappa shape index (κ2) is 19.2. The molecule has 0 N–H and O–H groups in total. The fourth-order valence-corrected chi connectivity index (χ4v) is 8.64. The molecule has 0 aliphatic rings. The van der Waals surface area contributed by atoms with Gasteiger partial charge >= 0.3 is 0 Å². The van der Waals surface area contributed by atoms with E-state index in [2.05, 4.69) is 146 Å². The molecule has 0 saturated heterocycles. The van der Waals surface area contributed by atoms with Crippen molar-refractivity contribution >= 4 is 0 Å². The maximum Gasteiger partial charge on any atom is 0.0708 e. The molecular formula is C62H49N3. The van der Waals surface area contributed by atoms with Gasteiger partial charge in [-0.15, -0.1) is 0 Å². The summed E-state index contributed by atoms with van der Waals surface area (Å²) < 4.78 is 23.8. The van der Waals surface area contributed by atoms with Crippen LogP contribution in [0.3, 0.4) is 0 Å². The summed E-state index contributed by atoms with van der Waals surface area (Å²) >= 11 is 0. The monoisotopic (exact) mass is 838 g/mol. The number of hydrogen-bond donors (Lipinski definition) is 0. The molecule has 0 unspecified atom stereocenters. The van der Waals surface area contributed by atoms with Crippen molar-refractivity contribution < 1.29 is 4.11 Å². The molecule has 0 atom stereocenters. The Morgan fingerprint density at radius 1 is 0.292 bits per heavy atom.